The smallest absolute Gasteiger partial charge is 0.345 e. The molecule has 18 heavy (non-hydrogen) atoms. The predicted octanol–water partition coefficient (Wildman–Crippen LogP) is 2.30. The van der Waals surface area contributed by atoms with E-state index in [1.165, 1.54) is 11.3 Å². The molecular weight excluding hydrogens is 264 g/mol. The van der Waals surface area contributed by atoms with Crippen molar-refractivity contribution < 1.29 is 18.3 Å². The molecule has 0 aromatic carbocycles. The first-order valence-electron chi connectivity index (χ1n) is 5.79. The standard InChI is InChI=1S/C10H15F2N3O2S/c11-8(12)17-7-3-1-6(2-4-7)5-16-10-15-14-9(13)18-10/h6-8H,1-5H2,(H2,13,14). The number of ether oxygens (including phenoxy) is 2. The molecule has 0 bridgehead atoms. The molecule has 0 radical (unpaired) electrons. The van der Waals surface area contributed by atoms with Gasteiger partial charge in [0.15, 0.2) is 0 Å². The minimum Gasteiger partial charge on any atom is -0.469 e. The van der Waals surface area contributed by atoms with Crippen molar-refractivity contribution in [2.45, 2.75) is 38.4 Å². The van der Waals surface area contributed by atoms with Gasteiger partial charge in [-0.2, -0.15) is 8.78 Å². The minimum atomic E-state index is -2.67. The van der Waals surface area contributed by atoms with Crippen molar-refractivity contribution in [1.29, 1.82) is 0 Å². The normalized spacial score (nSPS) is 24.4. The summed E-state index contributed by atoms with van der Waals surface area (Å²) in [7, 11) is 0. The second kappa shape index (κ2) is 6.24. The molecule has 8 heteroatoms. The number of nitrogens with two attached hydrogens (primary N) is 1. The van der Waals surface area contributed by atoms with Crippen LogP contribution in [0.3, 0.4) is 0 Å². The molecule has 0 aliphatic heterocycles. The van der Waals surface area contributed by atoms with Crippen molar-refractivity contribution in [3.8, 4) is 5.19 Å². The van der Waals surface area contributed by atoms with Crippen molar-refractivity contribution in [2.24, 2.45) is 5.92 Å². The van der Waals surface area contributed by atoms with Crippen LogP contribution >= 0.6 is 11.3 Å². The number of nitrogen functional groups attached to an aromatic ring is 1. The van der Waals surface area contributed by atoms with Crippen molar-refractivity contribution in [3.63, 3.8) is 0 Å². The molecule has 0 amide bonds. The first kappa shape index (κ1) is 13.4. The lowest BCUT2D eigenvalue weighted by molar-refractivity contribution is -0.171. The molecule has 0 unspecified atom stereocenters. The molecular formula is C10H15F2N3O2S. The lowest BCUT2D eigenvalue weighted by Crippen LogP contribution is -2.26. The third-order valence-corrected chi connectivity index (χ3v) is 3.62. The van der Waals surface area contributed by atoms with E-state index in [2.05, 4.69) is 14.9 Å². The largest absolute Gasteiger partial charge is 0.469 e. The van der Waals surface area contributed by atoms with Crippen LogP contribution in [-0.2, 0) is 4.74 Å². The number of rotatable bonds is 5. The van der Waals surface area contributed by atoms with Gasteiger partial charge < -0.3 is 15.2 Å². The third kappa shape index (κ3) is 4.02. The number of halogens is 2. The third-order valence-electron chi connectivity index (χ3n) is 2.95. The summed E-state index contributed by atoms with van der Waals surface area (Å²) in [6.07, 6.45) is 2.63. The summed E-state index contributed by atoms with van der Waals surface area (Å²) >= 11 is 1.19. The zero-order chi connectivity index (χ0) is 13.0. The van der Waals surface area contributed by atoms with Crippen molar-refractivity contribution in [1.82, 2.24) is 10.2 Å². The van der Waals surface area contributed by atoms with Gasteiger partial charge in [-0.25, -0.2) is 0 Å². The molecule has 2 N–H and O–H groups in total. The molecule has 1 aromatic heterocycles. The molecule has 1 aliphatic rings. The highest BCUT2D eigenvalue weighted by Gasteiger charge is 2.24. The van der Waals surface area contributed by atoms with E-state index in [1.54, 1.807) is 0 Å². The Labute approximate surface area is 107 Å². The van der Waals surface area contributed by atoms with E-state index >= 15 is 0 Å². The zero-order valence-electron chi connectivity index (χ0n) is 9.72. The van der Waals surface area contributed by atoms with Crippen molar-refractivity contribution >= 4 is 16.5 Å². The zero-order valence-corrected chi connectivity index (χ0v) is 10.5. The summed E-state index contributed by atoms with van der Waals surface area (Å²) in [5.74, 6) is 0.354. The number of nitrogens with zero attached hydrogens (tertiary/aromatic N) is 2. The molecule has 1 aromatic rings. The van der Waals surface area contributed by atoms with Crippen LogP contribution < -0.4 is 10.5 Å². The molecule has 0 atom stereocenters. The molecule has 102 valence electrons. The van der Waals surface area contributed by atoms with Crippen LogP contribution in [0.25, 0.3) is 0 Å². The van der Waals surface area contributed by atoms with Crippen LogP contribution in [0, 0.1) is 5.92 Å². The average Bonchev–Trinajstić information content (AvgIpc) is 2.74. The Hall–Kier alpha value is -1.02. The second-order valence-electron chi connectivity index (χ2n) is 4.26. The maximum Gasteiger partial charge on any atom is 0.345 e. The number of hydrogen-bond acceptors (Lipinski definition) is 6. The van der Waals surface area contributed by atoms with Crippen LogP contribution in [0.15, 0.2) is 0 Å². The van der Waals surface area contributed by atoms with E-state index in [1.807, 2.05) is 0 Å². The molecule has 1 aliphatic carbocycles. The molecule has 1 heterocycles. The van der Waals surface area contributed by atoms with Gasteiger partial charge in [0.2, 0.25) is 5.13 Å². The Balaban J connectivity index is 1.67. The molecule has 1 saturated carbocycles. The van der Waals surface area contributed by atoms with Gasteiger partial charge in [0.1, 0.15) is 0 Å². The number of aromatic nitrogens is 2. The second-order valence-corrected chi connectivity index (χ2v) is 5.23. The SMILES string of the molecule is Nc1nnc(OCC2CCC(OC(F)F)CC2)s1. The van der Waals surface area contributed by atoms with Gasteiger partial charge in [0, 0.05) is 0 Å². The summed E-state index contributed by atoms with van der Waals surface area (Å²) in [6, 6.07) is 0. The number of alkyl halides is 2. The molecule has 1 fully saturated rings. The van der Waals surface area contributed by atoms with Gasteiger partial charge >= 0.3 is 6.61 Å². The lowest BCUT2D eigenvalue weighted by atomic mass is 9.88. The summed E-state index contributed by atoms with van der Waals surface area (Å²) in [5, 5.41) is 8.23. The number of anilines is 1. The van der Waals surface area contributed by atoms with Gasteiger partial charge in [-0.05, 0) is 42.9 Å². The van der Waals surface area contributed by atoms with Crippen LogP contribution in [0.4, 0.5) is 13.9 Å². The van der Waals surface area contributed by atoms with Gasteiger partial charge in [-0.15, -0.1) is 5.10 Å². The Bertz CT molecular complexity index is 370. The fourth-order valence-electron chi connectivity index (χ4n) is 2.05. The fourth-order valence-corrected chi connectivity index (χ4v) is 2.52. The monoisotopic (exact) mass is 279 g/mol. The Kier molecular flexibility index (Phi) is 4.65. The fraction of sp³-hybridized carbons (Fsp3) is 0.800. The van der Waals surface area contributed by atoms with E-state index in [-0.39, 0.29) is 6.10 Å². The lowest BCUT2D eigenvalue weighted by Gasteiger charge is -2.27. The summed E-state index contributed by atoms with van der Waals surface area (Å²) < 4.78 is 34.0. The minimum absolute atomic E-state index is 0.321. The molecule has 0 saturated heterocycles. The van der Waals surface area contributed by atoms with E-state index < -0.39 is 6.61 Å². The highest BCUT2D eigenvalue weighted by atomic mass is 32.1. The van der Waals surface area contributed by atoms with Crippen molar-refractivity contribution in [2.75, 3.05) is 12.3 Å². The van der Waals surface area contributed by atoms with Crippen molar-refractivity contribution in [3.05, 3.63) is 0 Å². The quantitative estimate of drug-likeness (QED) is 0.895. The highest BCUT2D eigenvalue weighted by Crippen LogP contribution is 2.28. The maximum absolute atomic E-state index is 12.0. The average molecular weight is 279 g/mol. The van der Waals surface area contributed by atoms with Crippen LogP contribution in [0.1, 0.15) is 25.7 Å². The van der Waals surface area contributed by atoms with Gasteiger partial charge in [0.25, 0.3) is 5.19 Å². The summed E-state index contributed by atoms with van der Waals surface area (Å²) in [6.45, 7) is -2.15. The molecule has 5 nitrogen and oxygen atoms in total. The summed E-state index contributed by atoms with van der Waals surface area (Å²) in [4.78, 5) is 0. The van der Waals surface area contributed by atoms with E-state index in [0.29, 0.717) is 35.7 Å². The van der Waals surface area contributed by atoms with Gasteiger partial charge in [-0.1, -0.05) is 5.10 Å². The predicted molar refractivity (Wildman–Crippen MR) is 62.7 cm³/mol. The van der Waals surface area contributed by atoms with Crippen LogP contribution in [0.5, 0.6) is 5.19 Å². The molecule has 2 rings (SSSR count). The Morgan fingerprint density at radius 1 is 1.28 bits per heavy atom. The van der Waals surface area contributed by atoms with E-state index in [0.717, 1.165) is 12.8 Å². The van der Waals surface area contributed by atoms with Gasteiger partial charge in [0.05, 0.1) is 12.7 Å². The summed E-state index contributed by atoms with van der Waals surface area (Å²) in [5.41, 5.74) is 5.43. The Morgan fingerprint density at radius 2 is 2.00 bits per heavy atom. The van der Waals surface area contributed by atoms with E-state index in [4.69, 9.17) is 10.5 Å². The topological polar surface area (TPSA) is 70.3 Å². The molecule has 0 spiro atoms. The first-order valence-corrected chi connectivity index (χ1v) is 6.60. The first-order chi connectivity index (χ1) is 8.63. The Morgan fingerprint density at radius 3 is 2.56 bits per heavy atom. The van der Waals surface area contributed by atoms with Crippen LogP contribution in [0.2, 0.25) is 0 Å². The maximum atomic E-state index is 12.0. The van der Waals surface area contributed by atoms with Crippen LogP contribution in [-0.4, -0.2) is 29.5 Å². The van der Waals surface area contributed by atoms with Gasteiger partial charge in [-0.3, -0.25) is 0 Å². The number of hydrogen-bond donors (Lipinski definition) is 1. The van der Waals surface area contributed by atoms with E-state index in [9.17, 15) is 8.78 Å². The highest BCUT2D eigenvalue weighted by molar-refractivity contribution is 7.16.